The van der Waals surface area contributed by atoms with Crippen LogP contribution in [-0.2, 0) is 23.0 Å². The quantitative estimate of drug-likeness (QED) is 0.232. The maximum absolute atomic E-state index is 13.7. The first-order chi connectivity index (χ1) is 17.9. The minimum absolute atomic E-state index is 0.142. The normalized spacial score (nSPS) is 13.2. The number of furan rings is 1. The predicted molar refractivity (Wildman–Crippen MR) is 148 cm³/mol. The Labute approximate surface area is 226 Å². The summed E-state index contributed by atoms with van der Waals surface area (Å²) in [7, 11) is -3.75. The fourth-order valence-corrected chi connectivity index (χ4v) is 7.41. The molecule has 0 bridgehead atoms. The summed E-state index contributed by atoms with van der Waals surface area (Å²) < 4.78 is 35.6. The van der Waals surface area contributed by atoms with Gasteiger partial charge in [-0.2, -0.15) is 0 Å². The molecular formula is C27H20BrN3O4S2. The average molecular weight is 595 g/mol. The molecule has 0 spiro atoms. The maximum Gasteiger partial charge on any atom is 0.264 e. The number of hydrogen-bond acceptors (Lipinski definition) is 6. The first-order valence-corrected chi connectivity index (χ1v) is 14.6. The number of halogens is 1. The van der Waals surface area contributed by atoms with Crippen molar-refractivity contribution in [3.05, 3.63) is 106 Å². The standard InChI is InChI=1S/C27H20BrN3O4S2/c28-20-9-12-23-25(16-20)36-27(29-23)30(17-21-5-3-15-35-21)26(32)19-7-10-22(11-8-19)37(33,34)31-14-13-18-4-1-2-6-24(18)31/h1-12,15-16H,13-14,17H2. The summed E-state index contributed by atoms with van der Waals surface area (Å²) in [6.07, 6.45) is 2.23. The van der Waals surface area contributed by atoms with Gasteiger partial charge in [-0.15, -0.1) is 0 Å². The number of carbonyl (C=O) groups is 1. The van der Waals surface area contributed by atoms with E-state index in [-0.39, 0.29) is 17.3 Å². The Morgan fingerprint density at radius 3 is 2.65 bits per heavy atom. The van der Waals surface area contributed by atoms with Gasteiger partial charge in [0, 0.05) is 16.6 Å². The van der Waals surface area contributed by atoms with E-state index in [1.807, 2.05) is 42.5 Å². The van der Waals surface area contributed by atoms with Gasteiger partial charge in [-0.3, -0.25) is 14.0 Å². The molecule has 1 aliphatic rings. The molecule has 0 saturated heterocycles. The molecule has 3 aromatic carbocycles. The van der Waals surface area contributed by atoms with Gasteiger partial charge in [-0.05, 0) is 72.6 Å². The molecule has 3 heterocycles. The molecular weight excluding hydrogens is 574 g/mol. The van der Waals surface area contributed by atoms with Gasteiger partial charge < -0.3 is 4.42 Å². The number of benzene rings is 3. The molecule has 0 fully saturated rings. The van der Waals surface area contributed by atoms with Crippen molar-refractivity contribution in [2.45, 2.75) is 17.9 Å². The van der Waals surface area contributed by atoms with Crippen molar-refractivity contribution in [3.8, 4) is 0 Å². The minimum Gasteiger partial charge on any atom is -0.467 e. The van der Waals surface area contributed by atoms with E-state index in [1.165, 1.54) is 27.8 Å². The highest BCUT2D eigenvalue weighted by molar-refractivity contribution is 9.10. The molecule has 1 amide bonds. The molecule has 0 unspecified atom stereocenters. The molecule has 6 rings (SSSR count). The number of fused-ring (bicyclic) bond motifs is 2. The van der Waals surface area contributed by atoms with Crippen LogP contribution in [0.2, 0.25) is 0 Å². The molecule has 186 valence electrons. The molecule has 0 radical (unpaired) electrons. The van der Waals surface area contributed by atoms with E-state index >= 15 is 0 Å². The Bertz CT molecular complexity index is 1710. The number of hydrogen-bond donors (Lipinski definition) is 0. The number of amides is 1. The van der Waals surface area contributed by atoms with E-state index in [0.29, 0.717) is 35.1 Å². The number of anilines is 2. The summed E-state index contributed by atoms with van der Waals surface area (Å²) in [4.78, 5) is 20.0. The monoisotopic (exact) mass is 593 g/mol. The van der Waals surface area contributed by atoms with Crippen LogP contribution in [0, 0.1) is 0 Å². The van der Waals surface area contributed by atoms with Crippen molar-refractivity contribution in [1.82, 2.24) is 4.98 Å². The van der Waals surface area contributed by atoms with E-state index in [2.05, 4.69) is 20.9 Å². The van der Waals surface area contributed by atoms with Gasteiger partial charge in [0.15, 0.2) is 5.13 Å². The van der Waals surface area contributed by atoms with Gasteiger partial charge in [0.2, 0.25) is 0 Å². The molecule has 37 heavy (non-hydrogen) atoms. The van der Waals surface area contributed by atoms with Crippen LogP contribution in [0.15, 0.2) is 98.9 Å². The molecule has 7 nitrogen and oxygen atoms in total. The first kappa shape index (κ1) is 23.9. The van der Waals surface area contributed by atoms with E-state index < -0.39 is 10.0 Å². The molecule has 5 aromatic rings. The van der Waals surface area contributed by atoms with Crippen LogP contribution in [0.3, 0.4) is 0 Å². The summed E-state index contributed by atoms with van der Waals surface area (Å²) in [5, 5.41) is 0.528. The number of aromatic nitrogens is 1. The molecule has 2 aromatic heterocycles. The Morgan fingerprint density at radius 2 is 1.86 bits per heavy atom. The Kier molecular flexibility index (Phi) is 6.10. The van der Waals surface area contributed by atoms with Crippen LogP contribution in [-0.4, -0.2) is 25.9 Å². The lowest BCUT2D eigenvalue weighted by molar-refractivity contribution is 0.0983. The number of sulfonamides is 1. The molecule has 0 aliphatic carbocycles. The fraction of sp³-hybridized carbons (Fsp3) is 0.111. The lowest BCUT2D eigenvalue weighted by atomic mass is 10.2. The van der Waals surface area contributed by atoms with Crippen molar-refractivity contribution < 1.29 is 17.6 Å². The second kappa shape index (κ2) is 9.44. The zero-order valence-corrected chi connectivity index (χ0v) is 22.6. The highest BCUT2D eigenvalue weighted by atomic mass is 79.9. The Morgan fingerprint density at radius 1 is 1.05 bits per heavy atom. The number of nitrogens with zero attached hydrogens (tertiary/aromatic N) is 3. The third kappa shape index (κ3) is 4.45. The summed E-state index contributed by atoms with van der Waals surface area (Å²) in [5.74, 6) is 0.311. The second-order valence-corrected chi connectivity index (χ2v) is 12.3. The van der Waals surface area contributed by atoms with E-state index in [0.717, 1.165) is 20.3 Å². The highest BCUT2D eigenvalue weighted by Crippen LogP contribution is 2.34. The highest BCUT2D eigenvalue weighted by Gasteiger charge is 2.31. The third-order valence-electron chi connectivity index (χ3n) is 6.24. The van der Waals surface area contributed by atoms with Gasteiger partial charge in [0.1, 0.15) is 5.76 Å². The van der Waals surface area contributed by atoms with Gasteiger partial charge in [0.25, 0.3) is 15.9 Å². The van der Waals surface area contributed by atoms with E-state index in [4.69, 9.17) is 4.42 Å². The van der Waals surface area contributed by atoms with Crippen LogP contribution in [0.25, 0.3) is 10.2 Å². The summed E-state index contributed by atoms with van der Waals surface area (Å²) in [6, 6.07) is 22.9. The molecule has 0 atom stereocenters. The summed E-state index contributed by atoms with van der Waals surface area (Å²) in [5.41, 5.74) is 2.85. The van der Waals surface area contributed by atoms with E-state index in [9.17, 15) is 13.2 Å². The minimum atomic E-state index is -3.75. The van der Waals surface area contributed by atoms with Crippen molar-refractivity contribution >= 4 is 64.2 Å². The zero-order chi connectivity index (χ0) is 25.6. The molecule has 1 aliphatic heterocycles. The van der Waals surface area contributed by atoms with Gasteiger partial charge >= 0.3 is 0 Å². The van der Waals surface area contributed by atoms with Gasteiger partial charge in [-0.25, -0.2) is 13.4 Å². The van der Waals surface area contributed by atoms with Crippen LogP contribution in [0.1, 0.15) is 21.7 Å². The van der Waals surface area contributed by atoms with Gasteiger partial charge in [-0.1, -0.05) is 45.5 Å². The Balaban J connectivity index is 1.32. The van der Waals surface area contributed by atoms with Crippen molar-refractivity contribution in [1.29, 1.82) is 0 Å². The lowest BCUT2D eigenvalue weighted by Gasteiger charge is -2.21. The van der Waals surface area contributed by atoms with Crippen molar-refractivity contribution in [2.24, 2.45) is 0 Å². The number of thiazole rings is 1. The smallest absolute Gasteiger partial charge is 0.264 e. The number of para-hydroxylation sites is 1. The second-order valence-electron chi connectivity index (χ2n) is 8.56. The first-order valence-electron chi connectivity index (χ1n) is 11.5. The van der Waals surface area contributed by atoms with E-state index in [1.54, 1.807) is 35.4 Å². The predicted octanol–water partition coefficient (Wildman–Crippen LogP) is 6.25. The van der Waals surface area contributed by atoms with Crippen LogP contribution in [0.5, 0.6) is 0 Å². The van der Waals surface area contributed by atoms with Crippen LogP contribution < -0.4 is 9.21 Å². The summed E-state index contributed by atoms with van der Waals surface area (Å²) >= 11 is 4.88. The number of rotatable bonds is 6. The SMILES string of the molecule is O=C(c1ccc(S(=O)(=O)N2CCc3ccccc32)cc1)N(Cc1ccco1)c1nc2ccc(Br)cc2s1. The Hall–Kier alpha value is -3.47. The maximum atomic E-state index is 13.7. The van der Waals surface area contributed by atoms with Crippen LogP contribution >= 0.6 is 27.3 Å². The molecule has 0 N–H and O–H groups in total. The molecule has 10 heteroatoms. The topological polar surface area (TPSA) is 83.7 Å². The summed E-state index contributed by atoms with van der Waals surface area (Å²) in [6.45, 7) is 0.588. The van der Waals surface area contributed by atoms with Crippen LogP contribution in [0.4, 0.5) is 10.8 Å². The van der Waals surface area contributed by atoms with Gasteiger partial charge in [0.05, 0.1) is 33.6 Å². The zero-order valence-electron chi connectivity index (χ0n) is 19.4. The average Bonchev–Trinajstić information content (AvgIpc) is 3.66. The largest absolute Gasteiger partial charge is 0.467 e. The number of carbonyl (C=O) groups excluding carboxylic acids is 1. The molecule has 0 saturated carbocycles. The van der Waals surface area contributed by atoms with Crippen molar-refractivity contribution in [2.75, 3.05) is 15.7 Å². The lowest BCUT2D eigenvalue weighted by Crippen LogP contribution is -2.31. The third-order valence-corrected chi connectivity index (χ3v) is 9.60. The fourth-order valence-electron chi connectivity index (χ4n) is 4.40. The van der Waals surface area contributed by atoms with Crippen molar-refractivity contribution in [3.63, 3.8) is 0 Å².